The summed E-state index contributed by atoms with van der Waals surface area (Å²) in [7, 11) is 0. The van der Waals surface area contributed by atoms with Crippen LogP contribution in [0.4, 0.5) is 0 Å². The SMILES string of the molecule is Cc1cccc(OCCNC(=O)c2ccccc2SCC(=O)N2CCCC2)c1. The molecule has 1 fully saturated rings. The van der Waals surface area contributed by atoms with Crippen molar-refractivity contribution < 1.29 is 14.3 Å². The molecule has 3 rings (SSSR count). The summed E-state index contributed by atoms with van der Waals surface area (Å²) in [4.78, 5) is 27.5. The summed E-state index contributed by atoms with van der Waals surface area (Å²) < 4.78 is 5.67. The monoisotopic (exact) mass is 398 g/mol. The standard InChI is InChI=1S/C22H26N2O3S/c1-17-7-6-8-18(15-17)27-14-11-23-22(26)19-9-2-3-10-20(19)28-16-21(25)24-12-4-5-13-24/h2-3,6-10,15H,4-5,11-14,16H2,1H3,(H,23,26). The van der Waals surface area contributed by atoms with Crippen molar-refractivity contribution in [3.05, 3.63) is 59.7 Å². The van der Waals surface area contributed by atoms with E-state index in [1.807, 2.05) is 54.3 Å². The Labute approximate surface area is 170 Å². The predicted octanol–water partition coefficient (Wildman–Crippen LogP) is 3.52. The number of carbonyl (C=O) groups is 2. The van der Waals surface area contributed by atoms with Crippen LogP contribution in [0.2, 0.25) is 0 Å². The Bertz CT molecular complexity index is 819. The second-order valence-electron chi connectivity index (χ2n) is 6.79. The summed E-state index contributed by atoms with van der Waals surface area (Å²) in [5.41, 5.74) is 1.73. The number of ether oxygens (including phenoxy) is 1. The van der Waals surface area contributed by atoms with E-state index in [2.05, 4.69) is 5.32 Å². The van der Waals surface area contributed by atoms with Crippen molar-refractivity contribution >= 4 is 23.6 Å². The maximum absolute atomic E-state index is 12.6. The average Bonchev–Trinajstić information content (AvgIpc) is 3.24. The molecule has 0 bridgehead atoms. The molecule has 2 aromatic rings. The van der Waals surface area contributed by atoms with Crippen molar-refractivity contribution in [1.29, 1.82) is 0 Å². The first-order valence-electron chi connectivity index (χ1n) is 9.61. The van der Waals surface area contributed by atoms with Gasteiger partial charge in [-0.3, -0.25) is 9.59 Å². The minimum Gasteiger partial charge on any atom is -0.492 e. The molecule has 1 saturated heterocycles. The van der Waals surface area contributed by atoms with Crippen LogP contribution in [0, 0.1) is 6.92 Å². The molecule has 2 amide bonds. The second-order valence-corrected chi connectivity index (χ2v) is 7.81. The predicted molar refractivity (Wildman–Crippen MR) is 112 cm³/mol. The van der Waals surface area contributed by atoms with E-state index in [9.17, 15) is 9.59 Å². The van der Waals surface area contributed by atoms with Crippen molar-refractivity contribution in [1.82, 2.24) is 10.2 Å². The Kier molecular flexibility index (Phi) is 7.37. The molecular weight excluding hydrogens is 372 g/mol. The Morgan fingerprint density at radius 1 is 1.11 bits per heavy atom. The zero-order valence-electron chi connectivity index (χ0n) is 16.1. The molecule has 0 atom stereocenters. The summed E-state index contributed by atoms with van der Waals surface area (Å²) in [5.74, 6) is 1.15. The molecule has 148 valence electrons. The van der Waals surface area contributed by atoms with Crippen LogP contribution in [0.15, 0.2) is 53.4 Å². The zero-order chi connectivity index (χ0) is 19.8. The molecule has 1 N–H and O–H groups in total. The third-order valence-electron chi connectivity index (χ3n) is 4.59. The smallest absolute Gasteiger partial charge is 0.252 e. The molecule has 1 aliphatic heterocycles. The highest BCUT2D eigenvalue weighted by Gasteiger charge is 2.19. The molecule has 0 saturated carbocycles. The third kappa shape index (κ3) is 5.76. The maximum atomic E-state index is 12.6. The number of likely N-dealkylation sites (tertiary alicyclic amines) is 1. The number of nitrogens with one attached hydrogen (secondary N) is 1. The van der Waals surface area contributed by atoms with E-state index in [0.29, 0.717) is 24.5 Å². The van der Waals surface area contributed by atoms with Gasteiger partial charge in [0.05, 0.1) is 17.9 Å². The van der Waals surface area contributed by atoms with Gasteiger partial charge in [-0.2, -0.15) is 0 Å². The minimum absolute atomic E-state index is 0.143. The van der Waals surface area contributed by atoms with E-state index < -0.39 is 0 Å². The number of amides is 2. The molecule has 0 radical (unpaired) electrons. The highest BCUT2D eigenvalue weighted by molar-refractivity contribution is 8.00. The lowest BCUT2D eigenvalue weighted by Crippen LogP contribution is -2.30. The number of thioether (sulfide) groups is 1. The van der Waals surface area contributed by atoms with E-state index in [0.717, 1.165) is 42.1 Å². The highest BCUT2D eigenvalue weighted by atomic mass is 32.2. The lowest BCUT2D eigenvalue weighted by atomic mass is 10.2. The fraction of sp³-hybridized carbons (Fsp3) is 0.364. The van der Waals surface area contributed by atoms with Gasteiger partial charge in [-0.1, -0.05) is 24.3 Å². The fourth-order valence-electron chi connectivity index (χ4n) is 3.11. The molecule has 1 heterocycles. The molecule has 0 aliphatic carbocycles. The van der Waals surface area contributed by atoms with E-state index in [4.69, 9.17) is 4.74 Å². The summed E-state index contributed by atoms with van der Waals surface area (Å²) in [6.07, 6.45) is 2.17. The van der Waals surface area contributed by atoms with E-state index in [1.165, 1.54) is 11.8 Å². The molecule has 5 nitrogen and oxygen atoms in total. The van der Waals surface area contributed by atoms with Gasteiger partial charge in [0.1, 0.15) is 12.4 Å². The lowest BCUT2D eigenvalue weighted by Gasteiger charge is -2.15. The topological polar surface area (TPSA) is 58.6 Å². The van der Waals surface area contributed by atoms with Gasteiger partial charge in [0.2, 0.25) is 5.91 Å². The number of nitrogens with zero attached hydrogens (tertiary/aromatic N) is 1. The Morgan fingerprint density at radius 3 is 2.68 bits per heavy atom. The quantitative estimate of drug-likeness (QED) is 0.546. The van der Waals surface area contributed by atoms with Crippen molar-refractivity contribution in [2.24, 2.45) is 0 Å². The number of hydrogen-bond acceptors (Lipinski definition) is 4. The molecule has 6 heteroatoms. The molecule has 0 spiro atoms. The van der Waals surface area contributed by atoms with Gasteiger partial charge in [0.15, 0.2) is 0 Å². The van der Waals surface area contributed by atoms with Crippen LogP contribution in [0.3, 0.4) is 0 Å². The van der Waals surface area contributed by atoms with Crippen molar-refractivity contribution in [3.8, 4) is 5.75 Å². The summed E-state index contributed by atoms with van der Waals surface area (Å²) >= 11 is 1.42. The first kappa shape index (κ1) is 20.3. The fourth-order valence-corrected chi connectivity index (χ4v) is 4.06. The van der Waals surface area contributed by atoms with Crippen LogP contribution in [0.5, 0.6) is 5.75 Å². The number of benzene rings is 2. The van der Waals surface area contributed by atoms with Crippen molar-refractivity contribution in [2.45, 2.75) is 24.7 Å². The van der Waals surface area contributed by atoms with Gasteiger partial charge in [-0.15, -0.1) is 11.8 Å². The molecule has 0 aromatic heterocycles. The normalized spacial score (nSPS) is 13.4. The summed E-state index contributed by atoms with van der Waals surface area (Å²) in [6, 6.07) is 15.2. The van der Waals surface area contributed by atoms with Crippen molar-refractivity contribution in [2.75, 3.05) is 32.0 Å². The lowest BCUT2D eigenvalue weighted by molar-refractivity contribution is -0.127. The molecule has 28 heavy (non-hydrogen) atoms. The highest BCUT2D eigenvalue weighted by Crippen LogP contribution is 2.23. The van der Waals surface area contributed by atoms with Crippen LogP contribution in [0.1, 0.15) is 28.8 Å². The Morgan fingerprint density at radius 2 is 1.89 bits per heavy atom. The minimum atomic E-state index is -0.149. The number of aryl methyl sites for hydroxylation is 1. The zero-order valence-corrected chi connectivity index (χ0v) is 17.0. The first-order chi connectivity index (χ1) is 13.6. The van der Waals surface area contributed by atoms with Gasteiger partial charge in [0.25, 0.3) is 5.91 Å². The van der Waals surface area contributed by atoms with Crippen LogP contribution < -0.4 is 10.1 Å². The average molecular weight is 399 g/mol. The van der Waals surface area contributed by atoms with Crippen molar-refractivity contribution in [3.63, 3.8) is 0 Å². The maximum Gasteiger partial charge on any atom is 0.252 e. The molecular formula is C22H26N2O3S. The molecule has 1 aliphatic rings. The number of rotatable bonds is 8. The van der Waals surface area contributed by atoms with Gasteiger partial charge < -0.3 is 15.0 Å². The molecule has 2 aromatic carbocycles. The van der Waals surface area contributed by atoms with Crippen LogP contribution in [-0.4, -0.2) is 48.7 Å². The summed E-state index contributed by atoms with van der Waals surface area (Å²) in [5, 5.41) is 2.89. The van der Waals surface area contributed by atoms with Gasteiger partial charge in [-0.05, 0) is 49.6 Å². The van der Waals surface area contributed by atoms with E-state index in [-0.39, 0.29) is 11.8 Å². The van der Waals surface area contributed by atoms with Crippen LogP contribution in [0.25, 0.3) is 0 Å². The largest absolute Gasteiger partial charge is 0.492 e. The van der Waals surface area contributed by atoms with E-state index in [1.54, 1.807) is 6.07 Å². The van der Waals surface area contributed by atoms with Crippen LogP contribution >= 0.6 is 11.8 Å². The van der Waals surface area contributed by atoms with Gasteiger partial charge >= 0.3 is 0 Å². The Hall–Kier alpha value is -2.47. The van der Waals surface area contributed by atoms with Crippen LogP contribution in [-0.2, 0) is 4.79 Å². The van der Waals surface area contributed by atoms with E-state index >= 15 is 0 Å². The van der Waals surface area contributed by atoms with Gasteiger partial charge in [0, 0.05) is 18.0 Å². The second kappa shape index (κ2) is 10.2. The first-order valence-corrected chi connectivity index (χ1v) is 10.6. The number of hydrogen-bond donors (Lipinski definition) is 1. The number of carbonyl (C=O) groups excluding carboxylic acids is 2. The third-order valence-corrected chi connectivity index (χ3v) is 5.65. The molecule has 0 unspecified atom stereocenters. The summed E-state index contributed by atoms with van der Waals surface area (Å²) in [6.45, 7) is 4.53. The van der Waals surface area contributed by atoms with Gasteiger partial charge in [-0.25, -0.2) is 0 Å². The Balaban J connectivity index is 1.48.